The smallest absolute Gasteiger partial charge is 0.0376 e. The van der Waals surface area contributed by atoms with E-state index >= 15 is 0 Å². The number of allylic oxidation sites excluding steroid dienone is 3. The first-order chi connectivity index (χ1) is 7.36. The van der Waals surface area contributed by atoms with Gasteiger partial charge in [-0.2, -0.15) is 0 Å². The van der Waals surface area contributed by atoms with Crippen LogP contribution in [0.2, 0.25) is 0 Å². The maximum absolute atomic E-state index is 3.36. The molecule has 15 heavy (non-hydrogen) atoms. The van der Waals surface area contributed by atoms with E-state index in [1.807, 2.05) is 21.6 Å². The zero-order valence-corrected chi connectivity index (χ0v) is 11.3. The largest absolute Gasteiger partial charge is 0.114 e. The number of hydrogen-bond donors (Lipinski definition) is 0. The highest BCUT2D eigenvalue weighted by Gasteiger charge is 2.04. The summed E-state index contributed by atoms with van der Waals surface area (Å²) in [6.07, 6.45) is 12.0. The normalized spacial score (nSPS) is 16.7. The third kappa shape index (κ3) is 5.55. The third-order valence-electron chi connectivity index (χ3n) is 2.36. The van der Waals surface area contributed by atoms with Crippen molar-refractivity contribution in [3.05, 3.63) is 27.7 Å². The Morgan fingerprint density at radius 3 is 3.07 bits per heavy atom. The van der Waals surface area contributed by atoms with Crippen LogP contribution in [0.4, 0.5) is 0 Å². The first-order valence-corrected chi connectivity index (χ1v) is 7.95. The quantitative estimate of drug-likeness (QED) is 0.432. The number of rotatable bonds is 6. The Morgan fingerprint density at radius 2 is 2.47 bits per heavy atom. The Labute approximate surface area is 102 Å². The fourth-order valence-electron chi connectivity index (χ4n) is 1.38. The van der Waals surface area contributed by atoms with Crippen LogP contribution in [0, 0.1) is 0 Å². The highest BCUT2D eigenvalue weighted by atomic mass is 33.1. The fourth-order valence-corrected chi connectivity index (χ4v) is 3.82. The summed E-state index contributed by atoms with van der Waals surface area (Å²) >= 11 is 0. The average molecular weight is 240 g/mol. The zero-order chi connectivity index (χ0) is 10.9. The molecule has 0 amide bonds. The summed E-state index contributed by atoms with van der Waals surface area (Å²) in [6, 6.07) is 0. The lowest BCUT2D eigenvalue weighted by Gasteiger charge is -2.08. The van der Waals surface area contributed by atoms with E-state index < -0.39 is 0 Å². The molecule has 0 radical (unpaired) electrons. The molecule has 2 heteroatoms. The summed E-state index contributed by atoms with van der Waals surface area (Å²) in [5, 5.41) is 0. The van der Waals surface area contributed by atoms with Gasteiger partial charge in [-0.15, -0.1) is 5.73 Å². The van der Waals surface area contributed by atoms with E-state index in [1.165, 1.54) is 48.3 Å². The molecule has 0 heterocycles. The second-order valence-corrected chi connectivity index (χ2v) is 6.04. The van der Waals surface area contributed by atoms with Crippen molar-refractivity contribution in [2.75, 3.05) is 0 Å². The van der Waals surface area contributed by atoms with E-state index in [2.05, 4.69) is 31.7 Å². The van der Waals surface area contributed by atoms with Gasteiger partial charge in [0, 0.05) is 4.91 Å². The van der Waals surface area contributed by atoms with Gasteiger partial charge in [-0.25, -0.2) is 0 Å². The van der Waals surface area contributed by atoms with Crippen LogP contribution in [-0.2, 0) is 0 Å². The van der Waals surface area contributed by atoms with Crippen molar-refractivity contribution in [3.8, 4) is 0 Å². The molecule has 0 saturated heterocycles. The van der Waals surface area contributed by atoms with E-state index in [0.29, 0.717) is 0 Å². The van der Waals surface area contributed by atoms with Gasteiger partial charge in [0.2, 0.25) is 0 Å². The molecule has 0 aliphatic heterocycles. The number of unbranched alkanes of at least 4 members (excludes halogenated alkanes) is 1. The molecule has 0 spiro atoms. The predicted molar refractivity (Wildman–Crippen MR) is 73.9 cm³/mol. The van der Waals surface area contributed by atoms with Crippen molar-refractivity contribution in [2.45, 2.75) is 52.4 Å². The van der Waals surface area contributed by atoms with E-state index in [1.54, 1.807) is 0 Å². The standard InChI is InChI=1S/C13H20S2/c1-3-5-9-12(4-2)14-15-13-10-7-6-8-11-13/h4,7H,3,5-6,8-9,11H2,1-2H3/b12-4+. The minimum absolute atomic E-state index is 1.21. The van der Waals surface area contributed by atoms with E-state index in [-0.39, 0.29) is 0 Å². The molecule has 0 aromatic carbocycles. The molecule has 0 atom stereocenters. The molecule has 0 aromatic rings. The molecular formula is C13H20S2. The fraction of sp³-hybridized carbons (Fsp3) is 0.615. The molecule has 84 valence electrons. The summed E-state index contributed by atoms with van der Waals surface area (Å²) in [6.45, 7) is 4.39. The van der Waals surface area contributed by atoms with Crippen molar-refractivity contribution in [3.63, 3.8) is 0 Å². The van der Waals surface area contributed by atoms with Crippen LogP contribution >= 0.6 is 21.6 Å². The van der Waals surface area contributed by atoms with Gasteiger partial charge < -0.3 is 0 Å². The molecule has 0 nitrogen and oxygen atoms in total. The highest BCUT2D eigenvalue weighted by molar-refractivity contribution is 8.79. The topological polar surface area (TPSA) is 0 Å². The molecule has 0 aromatic heterocycles. The van der Waals surface area contributed by atoms with Gasteiger partial charge >= 0.3 is 0 Å². The van der Waals surface area contributed by atoms with E-state index in [4.69, 9.17) is 0 Å². The van der Waals surface area contributed by atoms with Crippen molar-refractivity contribution in [1.29, 1.82) is 0 Å². The predicted octanol–water partition coefficient (Wildman–Crippen LogP) is 5.68. The molecule has 0 N–H and O–H groups in total. The van der Waals surface area contributed by atoms with Gasteiger partial charge in [0.1, 0.15) is 0 Å². The summed E-state index contributed by atoms with van der Waals surface area (Å²) in [5.74, 6) is 0. The third-order valence-corrected chi connectivity index (χ3v) is 5.12. The Hall–Kier alpha value is -0.0400. The monoisotopic (exact) mass is 240 g/mol. The first-order valence-electron chi connectivity index (χ1n) is 5.80. The second-order valence-electron chi connectivity index (χ2n) is 3.69. The van der Waals surface area contributed by atoms with Crippen LogP contribution in [-0.4, -0.2) is 0 Å². The van der Waals surface area contributed by atoms with Gasteiger partial charge in [-0.3, -0.25) is 0 Å². The van der Waals surface area contributed by atoms with E-state index in [0.717, 1.165) is 0 Å². The van der Waals surface area contributed by atoms with Crippen LogP contribution in [0.1, 0.15) is 52.4 Å². The van der Waals surface area contributed by atoms with Gasteiger partial charge in [-0.05, 0) is 60.8 Å². The molecule has 1 rings (SSSR count). The lowest BCUT2D eigenvalue weighted by Crippen LogP contribution is -1.81. The maximum atomic E-state index is 3.36. The Morgan fingerprint density at radius 1 is 1.60 bits per heavy atom. The van der Waals surface area contributed by atoms with Crippen LogP contribution in [0.25, 0.3) is 0 Å². The van der Waals surface area contributed by atoms with Crippen molar-refractivity contribution in [1.82, 2.24) is 0 Å². The maximum Gasteiger partial charge on any atom is 0.0376 e. The summed E-state index contributed by atoms with van der Waals surface area (Å²) in [4.78, 5) is 2.93. The summed E-state index contributed by atoms with van der Waals surface area (Å²) in [5.41, 5.74) is 3.36. The summed E-state index contributed by atoms with van der Waals surface area (Å²) in [7, 11) is 3.83. The highest BCUT2D eigenvalue weighted by Crippen LogP contribution is 2.40. The van der Waals surface area contributed by atoms with Crippen LogP contribution < -0.4 is 0 Å². The van der Waals surface area contributed by atoms with Crippen molar-refractivity contribution in [2.24, 2.45) is 0 Å². The molecular weight excluding hydrogens is 220 g/mol. The Kier molecular flexibility index (Phi) is 7.08. The van der Waals surface area contributed by atoms with Gasteiger partial charge in [-0.1, -0.05) is 30.2 Å². The minimum Gasteiger partial charge on any atom is -0.114 e. The van der Waals surface area contributed by atoms with Gasteiger partial charge in [0.25, 0.3) is 0 Å². The number of hydrogen-bond acceptors (Lipinski definition) is 2. The second kappa shape index (κ2) is 8.15. The molecule has 1 aliphatic rings. The lowest BCUT2D eigenvalue weighted by atomic mass is 10.2. The van der Waals surface area contributed by atoms with Crippen LogP contribution in [0.5, 0.6) is 0 Å². The molecule has 1 aliphatic carbocycles. The summed E-state index contributed by atoms with van der Waals surface area (Å²) < 4.78 is 0. The molecule has 0 fully saturated rings. The van der Waals surface area contributed by atoms with Gasteiger partial charge in [0.15, 0.2) is 0 Å². The SMILES string of the molecule is C/C=C(\CCCC)SSC1=C=CCCC1. The Balaban J connectivity index is 2.31. The average Bonchev–Trinajstić information content (AvgIpc) is 2.31. The minimum atomic E-state index is 1.21. The Bertz CT molecular complexity index is 270. The molecule has 0 saturated carbocycles. The van der Waals surface area contributed by atoms with Crippen LogP contribution in [0.15, 0.2) is 27.7 Å². The molecule has 0 unspecified atom stereocenters. The van der Waals surface area contributed by atoms with Gasteiger partial charge in [0.05, 0.1) is 0 Å². The van der Waals surface area contributed by atoms with Crippen molar-refractivity contribution >= 4 is 21.6 Å². The lowest BCUT2D eigenvalue weighted by molar-refractivity contribution is 0.808. The zero-order valence-electron chi connectivity index (χ0n) is 9.71. The first kappa shape index (κ1) is 13.0. The molecule has 0 bridgehead atoms. The van der Waals surface area contributed by atoms with E-state index in [9.17, 15) is 0 Å². The van der Waals surface area contributed by atoms with Crippen LogP contribution in [0.3, 0.4) is 0 Å². The van der Waals surface area contributed by atoms with Crippen molar-refractivity contribution < 1.29 is 0 Å².